The third-order valence-corrected chi connectivity index (χ3v) is 7.56. The second-order valence-electron chi connectivity index (χ2n) is 10.2. The van der Waals surface area contributed by atoms with Crippen LogP contribution in [0.4, 0.5) is 11.5 Å². The summed E-state index contributed by atoms with van der Waals surface area (Å²) in [5.41, 5.74) is 5.10. The van der Waals surface area contributed by atoms with E-state index >= 15 is 0 Å². The van der Waals surface area contributed by atoms with Gasteiger partial charge in [-0.15, -0.1) is 6.58 Å². The van der Waals surface area contributed by atoms with Gasteiger partial charge in [0, 0.05) is 37.0 Å². The molecule has 5 rings (SSSR count). The Hall–Kier alpha value is -4.30. The molecule has 3 N–H and O–H groups in total. The number of benzene rings is 2. The summed E-state index contributed by atoms with van der Waals surface area (Å²) in [5.74, 6) is 0.222. The van der Waals surface area contributed by atoms with Crippen molar-refractivity contribution >= 4 is 29.2 Å². The highest BCUT2D eigenvalue weighted by Gasteiger charge is 2.51. The van der Waals surface area contributed by atoms with Crippen molar-refractivity contribution in [3.63, 3.8) is 0 Å². The smallest absolute Gasteiger partial charge is 0.244 e. The summed E-state index contributed by atoms with van der Waals surface area (Å²) in [5, 5.41) is 9.05. The number of rotatable bonds is 10. The van der Waals surface area contributed by atoms with Crippen LogP contribution in [-0.4, -0.2) is 41.2 Å². The molecule has 0 saturated heterocycles. The molecule has 2 aliphatic rings. The van der Waals surface area contributed by atoms with Crippen LogP contribution in [0.3, 0.4) is 0 Å². The topological polar surface area (TPSA) is 103 Å². The lowest BCUT2D eigenvalue weighted by Crippen LogP contribution is -2.37. The number of nitrogens with zero attached hydrogens (tertiary/aromatic N) is 2. The maximum absolute atomic E-state index is 13.2. The minimum Gasteiger partial charge on any atom is -0.329 e. The van der Waals surface area contributed by atoms with E-state index in [1.54, 1.807) is 17.2 Å². The highest BCUT2D eigenvalue weighted by molar-refractivity contribution is 6.06. The van der Waals surface area contributed by atoms with Crippen molar-refractivity contribution in [1.29, 1.82) is 0 Å². The maximum atomic E-state index is 13.2. The third-order valence-electron chi connectivity index (χ3n) is 7.56. The predicted molar refractivity (Wildman–Crippen MR) is 151 cm³/mol. The van der Waals surface area contributed by atoms with Gasteiger partial charge >= 0.3 is 0 Å². The summed E-state index contributed by atoms with van der Waals surface area (Å²) in [6.45, 7) is 4.67. The summed E-state index contributed by atoms with van der Waals surface area (Å²) in [6.07, 6.45) is 5.38. The van der Waals surface area contributed by atoms with E-state index in [9.17, 15) is 14.4 Å². The van der Waals surface area contributed by atoms with Crippen molar-refractivity contribution in [1.82, 2.24) is 15.2 Å². The first-order valence-electron chi connectivity index (χ1n) is 13.2. The molecule has 2 aromatic carbocycles. The van der Waals surface area contributed by atoms with Crippen molar-refractivity contribution < 1.29 is 14.4 Å². The van der Waals surface area contributed by atoms with Crippen LogP contribution < -0.4 is 16.0 Å². The molecule has 1 aromatic heterocycles. The van der Waals surface area contributed by atoms with Crippen molar-refractivity contribution in [2.75, 3.05) is 24.2 Å². The Labute approximate surface area is 228 Å². The van der Waals surface area contributed by atoms with Gasteiger partial charge in [-0.25, -0.2) is 4.98 Å². The first kappa shape index (κ1) is 26.3. The summed E-state index contributed by atoms with van der Waals surface area (Å²) in [7, 11) is 1.88. The van der Waals surface area contributed by atoms with E-state index in [1.165, 1.54) is 0 Å². The summed E-state index contributed by atoms with van der Waals surface area (Å²) in [6, 6.07) is 17.5. The van der Waals surface area contributed by atoms with E-state index in [2.05, 4.69) is 27.5 Å². The van der Waals surface area contributed by atoms with Gasteiger partial charge in [-0.05, 0) is 66.8 Å². The fourth-order valence-corrected chi connectivity index (χ4v) is 5.62. The standard InChI is InChI=1S/C31H33N5O3/c1-3-4-11-28(38)36(19-23-9-6-5-8-22(23)18-32-2)20-27(37)34-25-13-12-21-16-31(17-24(21)15-25)26-10-7-14-33-29(26)35-30(31)39/h3,5-10,12-15,32H,1,4,11,16-20H2,2H3,(H,34,37)(H,33,35,39). The van der Waals surface area contributed by atoms with E-state index in [1.807, 2.05) is 61.6 Å². The molecule has 1 unspecified atom stereocenters. The number of pyridine rings is 1. The molecule has 8 heteroatoms. The van der Waals surface area contributed by atoms with E-state index in [4.69, 9.17) is 0 Å². The number of nitrogens with one attached hydrogen (secondary N) is 3. The molecule has 200 valence electrons. The number of amides is 3. The fourth-order valence-electron chi connectivity index (χ4n) is 5.62. The minimum absolute atomic E-state index is 0.0368. The first-order chi connectivity index (χ1) is 18.9. The fraction of sp³-hybridized carbons (Fsp3) is 0.290. The highest BCUT2D eigenvalue weighted by atomic mass is 16.2. The summed E-state index contributed by atoms with van der Waals surface area (Å²) >= 11 is 0. The lowest BCUT2D eigenvalue weighted by Gasteiger charge is -2.24. The molecule has 3 amide bonds. The van der Waals surface area contributed by atoms with Crippen molar-refractivity contribution in [3.05, 3.63) is 101 Å². The Bertz CT molecular complexity index is 1440. The lowest BCUT2D eigenvalue weighted by molar-refractivity contribution is -0.135. The average Bonchev–Trinajstić information content (AvgIpc) is 3.45. The minimum atomic E-state index is -0.663. The van der Waals surface area contributed by atoms with Gasteiger partial charge < -0.3 is 20.9 Å². The molecule has 0 saturated carbocycles. The van der Waals surface area contributed by atoms with Gasteiger partial charge in [0.25, 0.3) is 0 Å². The van der Waals surface area contributed by atoms with Crippen LogP contribution in [0.2, 0.25) is 0 Å². The molecule has 2 heterocycles. The highest BCUT2D eigenvalue weighted by Crippen LogP contribution is 2.46. The molecule has 8 nitrogen and oxygen atoms in total. The molecular weight excluding hydrogens is 490 g/mol. The Morgan fingerprint density at radius 1 is 1.10 bits per heavy atom. The average molecular weight is 524 g/mol. The van der Waals surface area contributed by atoms with Crippen molar-refractivity contribution in [3.8, 4) is 0 Å². The monoisotopic (exact) mass is 523 g/mol. The number of aromatic nitrogens is 1. The van der Waals surface area contributed by atoms with Crippen LogP contribution in [0, 0.1) is 0 Å². The molecule has 39 heavy (non-hydrogen) atoms. The van der Waals surface area contributed by atoms with Gasteiger partial charge in [0.15, 0.2) is 0 Å². The summed E-state index contributed by atoms with van der Waals surface area (Å²) in [4.78, 5) is 45.1. The molecule has 1 atom stereocenters. The van der Waals surface area contributed by atoms with Crippen LogP contribution >= 0.6 is 0 Å². The molecule has 1 aliphatic heterocycles. The molecule has 0 bridgehead atoms. The zero-order chi connectivity index (χ0) is 27.4. The van der Waals surface area contributed by atoms with Crippen LogP contribution in [0.1, 0.15) is 40.7 Å². The van der Waals surface area contributed by atoms with E-state index < -0.39 is 5.41 Å². The number of carbonyl (C=O) groups is 3. The van der Waals surface area contributed by atoms with Crippen LogP contribution in [0.15, 0.2) is 73.4 Å². The number of anilines is 2. The Kier molecular flexibility index (Phi) is 7.56. The van der Waals surface area contributed by atoms with E-state index in [-0.39, 0.29) is 24.3 Å². The Morgan fingerprint density at radius 3 is 2.69 bits per heavy atom. The van der Waals surface area contributed by atoms with Gasteiger partial charge in [0.2, 0.25) is 17.7 Å². The Balaban J connectivity index is 1.30. The van der Waals surface area contributed by atoms with Crippen molar-refractivity contribution in [2.45, 2.75) is 44.2 Å². The van der Waals surface area contributed by atoms with Crippen LogP contribution in [-0.2, 0) is 45.7 Å². The number of fused-ring (bicyclic) bond motifs is 3. The second kappa shape index (κ2) is 11.2. The lowest BCUT2D eigenvalue weighted by atomic mass is 9.79. The zero-order valence-corrected chi connectivity index (χ0v) is 22.1. The molecule has 0 radical (unpaired) electrons. The van der Waals surface area contributed by atoms with E-state index in [0.717, 1.165) is 27.8 Å². The number of hydrogen-bond acceptors (Lipinski definition) is 5. The van der Waals surface area contributed by atoms with Crippen LogP contribution in [0.25, 0.3) is 0 Å². The predicted octanol–water partition coefficient (Wildman–Crippen LogP) is 3.72. The third kappa shape index (κ3) is 5.33. The van der Waals surface area contributed by atoms with Gasteiger partial charge in [-0.1, -0.05) is 42.5 Å². The first-order valence-corrected chi connectivity index (χ1v) is 13.2. The number of allylic oxidation sites excluding steroid dienone is 1. The van der Waals surface area contributed by atoms with Gasteiger partial charge in [-0.3, -0.25) is 14.4 Å². The number of hydrogen-bond donors (Lipinski definition) is 3. The maximum Gasteiger partial charge on any atom is 0.244 e. The molecule has 1 spiro atoms. The SMILES string of the molecule is C=CCCC(=O)N(CC(=O)Nc1ccc2c(c1)CC1(C2)C(=O)Nc2ncccc21)Cc1ccccc1CNC. The van der Waals surface area contributed by atoms with Gasteiger partial charge in [0.1, 0.15) is 12.4 Å². The van der Waals surface area contributed by atoms with Gasteiger partial charge in [0.05, 0.1) is 5.41 Å². The number of carbonyl (C=O) groups excluding carboxylic acids is 3. The largest absolute Gasteiger partial charge is 0.329 e. The Morgan fingerprint density at radius 2 is 1.90 bits per heavy atom. The van der Waals surface area contributed by atoms with E-state index in [0.29, 0.717) is 50.3 Å². The van der Waals surface area contributed by atoms with Gasteiger partial charge in [-0.2, -0.15) is 0 Å². The normalized spacial score (nSPS) is 16.9. The van der Waals surface area contributed by atoms with Crippen molar-refractivity contribution in [2.24, 2.45) is 0 Å². The molecule has 3 aromatic rings. The van der Waals surface area contributed by atoms with Crippen LogP contribution in [0.5, 0.6) is 0 Å². The second-order valence-corrected chi connectivity index (χ2v) is 10.2. The zero-order valence-electron chi connectivity index (χ0n) is 22.1. The molecular formula is C31H33N5O3. The molecule has 0 fully saturated rings. The molecule has 1 aliphatic carbocycles. The quantitative estimate of drug-likeness (QED) is 0.352. The summed E-state index contributed by atoms with van der Waals surface area (Å²) < 4.78 is 0.